The van der Waals surface area contributed by atoms with E-state index in [2.05, 4.69) is 16.0 Å². The highest BCUT2D eigenvalue weighted by atomic mass is 16.6. The Morgan fingerprint density at radius 2 is 1.62 bits per heavy atom. The molecule has 1 aliphatic heterocycles. The lowest BCUT2D eigenvalue weighted by Gasteiger charge is -2.32. The molecule has 2 aromatic carbocycles. The molecular formula is C29H37N3O7. The number of hydrogen-bond acceptors (Lipinski definition) is 7. The van der Waals surface area contributed by atoms with E-state index in [1.165, 1.54) is 0 Å². The Hall–Kier alpha value is -3.95. The van der Waals surface area contributed by atoms with Crippen LogP contribution >= 0.6 is 0 Å². The molecule has 0 radical (unpaired) electrons. The Kier molecular flexibility index (Phi) is 9.16. The molecule has 39 heavy (non-hydrogen) atoms. The van der Waals surface area contributed by atoms with Crippen LogP contribution in [0.15, 0.2) is 48.5 Å². The summed E-state index contributed by atoms with van der Waals surface area (Å²) in [4.78, 5) is 36.8. The lowest BCUT2D eigenvalue weighted by molar-refractivity contribution is -0.131. The van der Waals surface area contributed by atoms with Crippen molar-refractivity contribution in [3.63, 3.8) is 0 Å². The maximum absolute atomic E-state index is 12.9. The van der Waals surface area contributed by atoms with Gasteiger partial charge in [0.2, 0.25) is 12.0 Å². The van der Waals surface area contributed by atoms with Crippen molar-refractivity contribution in [2.45, 2.75) is 76.9 Å². The summed E-state index contributed by atoms with van der Waals surface area (Å²) < 4.78 is 22.7. The predicted octanol–water partition coefficient (Wildman–Crippen LogP) is 3.47. The van der Waals surface area contributed by atoms with E-state index in [9.17, 15) is 14.4 Å². The van der Waals surface area contributed by atoms with Gasteiger partial charge in [-0.25, -0.2) is 4.79 Å². The highest BCUT2D eigenvalue weighted by Crippen LogP contribution is 2.35. The summed E-state index contributed by atoms with van der Waals surface area (Å²) in [6, 6.07) is 15.2. The van der Waals surface area contributed by atoms with E-state index in [-0.39, 0.29) is 37.0 Å². The molecule has 1 atom stereocenters. The minimum absolute atomic E-state index is 0.0125. The third-order valence-corrected chi connectivity index (χ3v) is 6.35. The minimum Gasteiger partial charge on any atom is -0.489 e. The highest BCUT2D eigenvalue weighted by molar-refractivity contribution is 5.83. The second kappa shape index (κ2) is 12.7. The molecule has 2 aliphatic rings. The van der Waals surface area contributed by atoms with Gasteiger partial charge in [-0.15, -0.1) is 0 Å². The highest BCUT2D eigenvalue weighted by Gasteiger charge is 2.31. The van der Waals surface area contributed by atoms with Crippen molar-refractivity contribution in [2.75, 3.05) is 13.2 Å². The molecule has 1 aliphatic carbocycles. The van der Waals surface area contributed by atoms with Gasteiger partial charge in [0.15, 0.2) is 11.5 Å². The molecule has 3 amide bonds. The Morgan fingerprint density at radius 3 is 2.31 bits per heavy atom. The van der Waals surface area contributed by atoms with Crippen molar-refractivity contribution in [1.82, 2.24) is 16.0 Å². The zero-order valence-electron chi connectivity index (χ0n) is 22.7. The zero-order chi connectivity index (χ0) is 27.8. The van der Waals surface area contributed by atoms with Crippen molar-refractivity contribution in [3.8, 4) is 17.2 Å². The van der Waals surface area contributed by atoms with Gasteiger partial charge in [-0.2, -0.15) is 0 Å². The molecule has 1 unspecified atom stereocenters. The van der Waals surface area contributed by atoms with Crippen LogP contribution < -0.4 is 30.2 Å². The topological polar surface area (TPSA) is 124 Å². The number of rotatable bonds is 8. The summed E-state index contributed by atoms with van der Waals surface area (Å²) in [5.74, 6) is 1.17. The van der Waals surface area contributed by atoms with Gasteiger partial charge >= 0.3 is 6.09 Å². The summed E-state index contributed by atoms with van der Waals surface area (Å²) in [5, 5.41) is 8.45. The van der Waals surface area contributed by atoms with Gasteiger partial charge in [0.05, 0.1) is 0 Å². The van der Waals surface area contributed by atoms with Crippen LogP contribution in [0.3, 0.4) is 0 Å². The molecule has 0 spiro atoms. The molecule has 3 N–H and O–H groups in total. The van der Waals surface area contributed by atoms with Gasteiger partial charge in [0.25, 0.3) is 5.91 Å². The molecule has 10 heteroatoms. The SMILES string of the molecule is CC(C)(C)OC(=O)NCC(=O)N[C@H]1CC[C@@H](NC(=O)C2COc3ccc(OCc4ccccc4)cc3O2)CC1. The second-order valence-corrected chi connectivity index (χ2v) is 10.8. The van der Waals surface area contributed by atoms with Crippen molar-refractivity contribution in [1.29, 1.82) is 0 Å². The average molecular weight is 540 g/mol. The summed E-state index contributed by atoms with van der Waals surface area (Å²) >= 11 is 0. The molecule has 0 bridgehead atoms. The van der Waals surface area contributed by atoms with E-state index in [1.807, 2.05) is 36.4 Å². The first-order valence-electron chi connectivity index (χ1n) is 13.3. The van der Waals surface area contributed by atoms with Crippen LogP contribution in [0.2, 0.25) is 0 Å². The van der Waals surface area contributed by atoms with Crippen LogP contribution in [0.5, 0.6) is 17.2 Å². The minimum atomic E-state index is -0.766. The smallest absolute Gasteiger partial charge is 0.408 e. The van der Waals surface area contributed by atoms with Crippen molar-refractivity contribution in [2.24, 2.45) is 0 Å². The van der Waals surface area contributed by atoms with E-state index in [1.54, 1.807) is 32.9 Å². The fourth-order valence-electron chi connectivity index (χ4n) is 4.43. The molecule has 1 fully saturated rings. The second-order valence-electron chi connectivity index (χ2n) is 10.8. The van der Waals surface area contributed by atoms with Crippen LogP contribution in [0.1, 0.15) is 52.0 Å². The van der Waals surface area contributed by atoms with Crippen LogP contribution in [-0.2, 0) is 20.9 Å². The molecule has 0 aromatic heterocycles. The number of carbonyl (C=O) groups is 3. The lowest BCUT2D eigenvalue weighted by Crippen LogP contribution is -2.50. The van der Waals surface area contributed by atoms with Crippen molar-refractivity contribution in [3.05, 3.63) is 54.1 Å². The van der Waals surface area contributed by atoms with Gasteiger partial charge in [-0.3, -0.25) is 9.59 Å². The lowest BCUT2D eigenvalue weighted by atomic mass is 9.91. The largest absolute Gasteiger partial charge is 0.489 e. The van der Waals surface area contributed by atoms with Crippen LogP contribution in [0, 0.1) is 0 Å². The van der Waals surface area contributed by atoms with E-state index < -0.39 is 17.8 Å². The molecule has 2 aromatic rings. The summed E-state index contributed by atoms with van der Waals surface area (Å²) in [6.45, 7) is 5.68. The molecular weight excluding hydrogens is 502 g/mol. The van der Waals surface area contributed by atoms with E-state index in [0.717, 1.165) is 31.2 Å². The molecule has 0 saturated heterocycles. The van der Waals surface area contributed by atoms with Crippen LogP contribution in [0.4, 0.5) is 4.79 Å². The first kappa shape index (κ1) is 28.1. The number of alkyl carbamates (subject to hydrolysis) is 1. The third kappa shape index (κ3) is 8.80. The summed E-state index contributed by atoms with van der Waals surface area (Å²) in [7, 11) is 0. The van der Waals surface area contributed by atoms with Crippen LogP contribution in [-0.4, -0.2) is 54.8 Å². The fraction of sp³-hybridized carbons (Fsp3) is 0.483. The quantitative estimate of drug-likeness (QED) is 0.469. The molecule has 210 valence electrons. The van der Waals surface area contributed by atoms with Gasteiger partial charge in [-0.05, 0) is 64.2 Å². The number of nitrogens with one attached hydrogen (secondary N) is 3. The van der Waals surface area contributed by atoms with E-state index in [0.29, 0.717) is 23.9 Å². The zero-order valence-corrected chi connectivity index (χ0v) is 22.7. The number of fused-ring (bicyclic) bond motifs is 1. The Balaban J connectivity index is 1.18. The van der Waals surface area contributed by atoms with E-state index in [4.69, 9.17) is 18.9 Å². The number of ether oxygens (including phenoxy) is 4. The third-order valence-electron chi connectivity index (χ3n) is 6.35. The average Bonchev–Trinajstić information content (AvgIpc) is 2.91. The molecule has 10 nitrogen and oxygen atoms in total. The Bertz CT molecular complexity index is 1140. The fourth-order valence-corrected chi connectivity index (χ4v) is 4.43. The first-order valence-corrected chi connectivity index (χ1v) is 13.3. The molecule has 1 saturated carbocycles. The number of amides is 3. The van der Waals surface area contributed by atoms with E-state index >= 15 is 0 Å². The Labute approximate surface area is 228 Å². The van der Waals surface area contributed by atoms with Crippen molar-refractivity contribution < 1.29 is 33.3 Å². The normalized spacial score (nSPS) is 20.3. The maximum Gasteiger partial charge on any atom is 0.408 e. The first-order chi connectivity index (χ1) is 18.6. The predicted molar refractivity (Wildman–Crippen MR) is 144 cm³/mol. The monoisotopic (exact) mass is 539 g/mol. The number of hydrogen-bond donors (Lipinski definition) is 3. The standard InChI is InChI=1S/C29H37N3O7/c1-29(2,3)39-28(35)30-16-26(33)31-20-9-11-21(12-10-20)32-27(34)25-18-37-23-14-13-22(15-24(23)38-25)36-17-19-7-5-4-6-8-19/h4-8,13-15,20-21,25H,9-12,16-18H2,1-3H3,(H,30,35)(H,31,33)(H,32,34)/t20-,21+,25?. The van der Waals surface area contributed by atoms with Gasteiger partial charge in [0.1, 0.15) is 31.1 Å². The van der Waals surface area contributed by atoms with Gasteiger partial charge in [-0.1, -0.05) is 30.3 Å². The Morgan fingerprint density at radius 1 is 0.923 bits per heavy atom. The summed E-state index contributed by atoms with van der Waals surface area (Å²) in [5.41, 5.74) is 0.429. The number of carbonyl (C=O) groups excluding carboxylic acids is 3. The van der Waals surface area contributed by atoms with Gasteiger partial charge < -0.3 is 34.9 Å². The van der Waals surface area contributed by atoms with Crippen LogP contribution in [0.25, 0.3) is 0 Å². The maximum atomic E-state index is 12.9. The molecule has 1 heterocycles. The molecule has 4 rings (SSSR count). The number of benzene rings is 2. The summed E-state index contributed by atoms with van der Waals surface area (Å²) in [6.07, 6.45) is 1.48. The van der Waals surface area contributed by atoms with Gasteiger partial charge in [0, 0.05) is 18.2 Å². The van der Waals surface area contributed by atoms with Crippen molar-refractivity contribution >= 4 is 17.9 Å².